The molecule has 1 aromatic carbocycles. The van der Waals surface area contributed by atoms with E-state index in [4.69, 9.17) is 5.73 Å². The number of benzene rings is 1. The second kappa shape index (κ2) is 6.65. The van der Waals surface area contributed by atoms with Crippen LogP contribution in [0.15, 0.2) is 24.3 Å². The molecule has 2 N–H and O–H groups in total. The first kappa shape index (κ1) is 14.0. The highest BCUT2D eigenvalue weighted by atomic mass is 15.1. The van der Waals surface area contributed by atoms with E-state index < -0.39 is 0 Å². The monoisotopic (exact) mass is 234 g/mol. The molecular formula is C15H26N2. The molecule has 0 saturated carbocycles. The molecule has 2 nitrogen and oxygen atoms in total. The van der Waals surface area contributed by atoms with E-state index in [1.54, 1.807) is 0 Å². The molecule has 0 spiro atoms. The quantitative estimate of drug-likeness (QED) is 0.817. The van der Waals surface area contributed by atoms with Gasteiger partial charge in [0.2, 0.25) is 0 Å². The van der Waals surface area contributed by atoms with E-state index >= 15 is 0 Å². The summed E-state index contributed by atoms with van der Waals surface area (Å²) in [5.74, 6) is 0.651. The summed E-state index contributed by atoms with van der Waals surface area (Å²) in [6.07, 6.45) is 2.23. The van der Waals surface area contributed by atoms with Gasteiger partial charge in [0.05, 0.1) is 0 Å². The van der Waals surface area contributed by atoms with Gasteiger partial charge in [-0.2, -0.15) is 0 Å². The molecule has 1 aromatic rings. The molecule has 0 radical (unpaired) electrons. The van der Waals surface area contributed by atoms with Gasteiger partial charge in [-0.1, -0.05) is 26.0 Å². The number of nitrogens with zero attached hydrogens (tertiary/aromatic N) is 1. The van der Waals surface area contributed by atoms with Crippen LogP contribution in [-0.2, 0) is 0 Å². The second-order valence-corrected chi connectivity index (χ2v) is 5.09. The van der Waals surface area contributed by atoms with E-state index in [2.05, 4.69) is 57.0 Å². The smallest absolute Gasteiger partial charge is 0.0363 e. The minimum Gasteiger partial charge on any atom is -0.375 e. The topological polar surface area (TPSA) is 29.3 Å². The van der Waals surface area contributed by atoms with Crippen molar-refractivity contribution in [1.82, 2.24) is 0 Å². The molecule has 0 aliphatic carbocycles. The number of nitrogens with two attached hydrogens (primary N) is 1. The van der Waals surface area contributed by atoms with Gasteiger partial charge in [-0.15, -0.1) is 0 Å². The van der Waals surface area contributed by atoms with Crippen molar-refractivity contribution in [3.8, 4) is 0 Å². The highest BCUT2D eigenvalue weighted by Gasteiger charge is 2.05. The van der Waals surface area contributed by atoms with E-state index in [9.17, 15) is 0 Å². The average molecular weight is 234 g/mol. The average Bonchev–Trinajstić information content (AvgIpc) is 2.35. The Hall–Kier alpha value is -1.02. The molecule has 0 aliphatic heterocycles. The molecule has 2 unspecified atom stereocenters. The Morgan fingerprint density at radius 2 is 1.76 bits per heavy atom. The Kier molecular flexibility index (Phi) is 5.49. The highest BCUT2D eigenvalue weighted by Crippen LogP contribution is 2.21. The van der Waals surface area contributed by atoms with Gasteiger partial charge < -0.3 is 10.6 Å². The molecule has 0 aliphatic rings. The van der Waals surface area contributed by atoms with E-state index in [-0.39, 0.29) is 6.04 Å². The van der Waals surface area contributed by atoms with Crippen LogP contribution in [-0.4, -0.2) is 19.6 Å². The van der Waals surface area contributed by atoms with Gasteiger partial charge in [0.25, 0.3) is 0 Å². The van der Waals surface area contributed by atoms with Gasteiger partial charge in [-0.25, -0.2) is 0 Å². The lowest BCUT2D eigenvalue weighted by Crippen LogP contribution is -2.25. The Balaban J connectivity index is 2.60. The molecular weight excluding hydrogens is 208 g/mol. The van der Waals surface area contributed by atoms with Crippen LogP contribution in [0.25, 0.3) is 0 Å². The molecule has 96 valence electrons. The maximum Gasteiger partial charge on any atom is 0.0363 e. The first-order valence-corrected chi connectivity index (χ1v) is 6.61. The summed E-state index contributed by atoms with van der Waals surface area (Å²) in [6.45, 7) is 7.57. The molecule has 0 bridgehead atoms. The summed E-state index contributed by atoms with van der Waals surface area (Å²) in [5.41, 5.74) is 8.48. The van der Waals surface area contributed by atoms with Gasteiger partial charge in [0, 0.05) is 25.3 Å². The fraction of sp³-hybridized carbons (Fsp3) is 0.600. The standard InChI is InChI=1S/C15H26N2/c1-5-12(2)14-6-8-15(9-7-14)17(4)11-10-13(3)16/h6-9,12-13H,5,10-11,16H2,1-4H3. The summed E-state index contributed by atoms with van der Waals surface area (Å²) in [6, 6.07) is 9.18. The van der Waals surface area contributed by atoms with E-state index in [1.807, 2.05) is 0 Å². The summed E-state index contributed by atoms with van der Waals surface area (Å²) in [5, 5.41) is 0. The summed E-state index contributed by atoms with van der Waals surface area (Å²) in [7, 11) is 2.13. The van der Waals surface area contributed by atoms with E-state index in [0.717, 1.165) is 13.0 Å². The Morgan fingerprint density at radius 1 is 1.18 bits per heavy atom. The molecule has 0 fully saturated rings. The SMILES string of the molecule is CCC(C)c1ccc(N(C)CCC(C)N)cc1. The van der Waals surface area contributed by atoms with Crippen molar-refractivity contribution < 1.29 is 0 Å². The zero-order valence-electron chi connectivity index (χ0n) is 11.6. The molecule has 0 amide bonds. The second-order valence-electron chi connectivity index (χ2n) is 5.09. The number of hydrogen-bond acceptors (Lipinski definition) is 2. The molecule has 0 heterocycles. The van der Waals surface area contributed by atoms with E-state index in [0.29, 0.717) is 5.92 Å². The minimum atomic E-state index is 0.275. The van der Waals surface area contributed by atoms with Gasteiger partial charge >= 0.3 is 0 Å². The highest BCUT2D eigenvalue weighted by molar-refractivity contribution is 5.47. The van der Waals surface area contributed by atoms with Crippen LogP contribution in [0.5, 0.6) is 0 Å². The van der Waals surface area contributed by atoms with Crippen molar-refractivity contribution in [3.05, 3.63) is 29.8 Å². The number of anilines is 1. The fourth-order valence-corrected chi connectivity index (χ4v) is 1.82. The summed E-state index contributed by atoms with van der Waals surface area (Å²) < 4.78 is 0. The first-order valence-electron chi connectivity index (χ1n) is 6.61. The molecule has 2 heteroatoms. The maximum absolute atomic E-state index is 5.77. The largest absolute Gasteiger partial charge is 0.375 e. The van der Waals surface area contributed by atoms with Crippen molar-refractivity contribution in [2.75, 3.05) is 18.5 Å². The van der Waals surface area contributed by atoms with Gasteiger partial charge in [0.1, 0.15) is 0 Å². The summed E-state index contributed by atoms with van der Waals surface area (Å²) >= 11 is 0. The third-order valence-electron chi connectivity index (χ3n) is 3.44. The van der Waals surface area contributed by atoms with Crippen LogP contribution in [0.1, 0.15) is 45.1 Å². The van der Waals surface area contributed by atoms with Crippen LogP contribution >= 0.6 is 0 Å². The van der Waals surface area contributed by atoms with Gasteiger partial charge in [-0.05, 0) is 43.4 Å². The lowest BCUT2D eigenvalue weighted by molar-refractivity contribution is 0.659. The third kappa shape index (κ3) is 4.39. The van der Waals surface area contributed by atoms with Crippen LogP contribution in [0.4, 0.5) is 5.69 Å². The Labute approximate surface area is 106 Å². The van der Waals surface area contributed by atoms with E-state index in [1.165, 1.54) is 17.7 Å². The van der Waals surface area contributed by atoms with Crippen molar-refractivity contribution in [2.45, 2.75) is 45.6 Å². The van der Waals surface area contributed by atoms with Crippen molar-refractivity contribution >= 4 is 5.69 Å². The fourth-order valence-electron chi connectivity index (χ4n) is 1.82. The van der Waals surface area contributed by atoms with Gasteiger partial charge in [0.15, 0.2) is 0 Å². The predicted molar refractivity (Wildman–Crippen MR) is 76.7 cm³/mol. The van der Waals surface area contributed by atoms with Crippen molar-refractivity contribution in [3.63, 3.8) is 0 Å². The van der Waals surface area contributed by atoms with Crippen molar-refractivity contribution in [1.29, 1.82) is 0 Å². The number of hydrogen-bond donors (Lipinski definition) is 1. The Bertz CT molecular complexity index is 316. The zero-order chi connectivity index (χ0) is 12.8. The van der Waals surface area contributed by atoms with Crippen LogP contribution < -0.4 is 10.6 Å². The zero-order valence-corrected chi connectivity index (χ0v) is 11.6. The molecule has 0 saturated heterocycles. The molecule has 1 rings (SSSR count). The lowest BCUT2D eigenvalue weighted by atomic mass is 9.98. The first-order chi connectivity index (χ1) is 8.04. The van der Waals surface area contributed by atoms with Crippen LogP contribution in [0.3, 0.4) is 0 Å². The normalized spacial score (nSPS) is 14.4. The Morgan fingerprint density at radius 3 is 2.24 bits per heavy atom. The third-order valence-corrected chi connectivity index (χ3v) is 3.44. The predicted octanol–water partition coefficient (Wildman–Crippen LogP) is 3.37. The number of rotatable bonds is 6. The van der Waals surface area contributed by atoms with Crippen LogP contribution in [0.2, 0.25) is 0 Å². The maximum atomic E-state index is 5.77. The van der Waals surface area contributed by atoms with Gasteiger partial charge in [-0.3, -0.25) is 0 Å². The molecule has 0 aromatic heterocycles. The molecule has 2 atom stereocenters. The van der Waals surface area contributed by atoms with Crippen molar-refractivity contribution in [2.24, 2.45) is 5.73 Å². The van der Waals surface area contributed by atoms with Crippen LogP contribution in [0, 0.1) is 0 Å². The summed E-state index contributed by atoms with van der Waals surface area (Å²) in [4.78, 5) is 2.27. The molecule has 17 heavy (non-hydrogen) atoms. The lowest BCUT2D eigenvalue weighted by Gasteiger charge is -2.21. The minimum absolute atomic E-state index is 0.275.